The lowest BCUT2D eigenvalue weighted by atomic mass is 10.1. The van der Waals surface area contributed by atoms with Crippen molar-refractivity contribution in [1.82, 2.24) is 34.2 Å². The van der Waals surface area contributed by atoms with Crippen molar-refractivity contribution >= 4 is 5.52 Å². The maximum absolute atomic E-state index is 9.28. The van der Waals surface area contributed by atoms with Crippen molar-refractivity contribution in [3.63, 3.8) is 0 Å². The van der Waals surface area contributed by atoms with Gasteiger partial charge < -0.3 is 5.11 Å². The van der Waals surface area contributed by atoms with Gasteiger partial charge in [-0.15, -0.1) is 0 Å². The first-order valence-corrected chi connectivity index (χ1v) is 10.2. The van der Waals surface area contributed by atoms with Crippen molar-refractivity contribution in [3.05, 3.63) is 43.2 Å². The molecular weight excluding hydrogens is 366 g/mol. The monoisotopic (exact) mass is 393 g/mol. The largest absolute Gasteiger partial charge is 0.396 e. The van der Waals surface area contributed by atoms with Crippen LogP contribution in [-0.2, 0) is 6.54 Å². The number of hydrogen-bond donors (Lipinski definition) is 1. The average Bonchev–Trinajstić information content (AvgIpc) is 3.48. The second-order valence-corrected chi connectivity index (χ2v) is 7.55. The lowest BCUT2D eigenvalue weighted by Crippen LogP contribution is -2.11. The normalized spacial score (nSPS) is 12.9. The van der Waals surface area contributed by atoms with Crippen LogP contribution in [0.25, 0.3) is 28.0 Å². The quantitative estimate of drug-likeness (QED) is 0.495. The van der Waals surface area contributed by atoms with E-state index in [9.17, 15) is 5.11 Å². The maximum Gasteiger partial charge on any atom is 0.0999 e. The van der Waals surface area contributed by atoms with Crippen molar-refractivity contribution in [2.24, 2.45) is 5.92 Å². The Kier molecular flexibility index (Phi) is 5.44. The molecule has 8 nitrogen and oxygen atoms in total. The van der Waals surface area contributed by atoms with Gasteiger partial charge in [-0.25, -0.2) is 9.50 Å². The predicted molar refractivity (Wildman–Crippen MR) is 111 cm³/mol. The fraction of sp³-hybridized carbons (Fsp3) is 0.429. The summed E-state index contributed by atoms with van der Waals surface area (Å²) in [6.07, 6.45) is 13.5. The third-order valence-electron chi connectivity index (χ3n) is 5.32. The van der Waals surface area contributed by atoms with Gasteiger partial charge in [-0.3, -0.25) is 9.36 Å². The highest BCUT2D eigenvalue weighted by Crippen LogP contribution is 2.28. The molecule has 0 radical (unpaired) electrons. The summed E-state index contributed by atoms with van der Waals surface area (Å²) in [4.78, 5) is 4.93. The summed E-state index contributed by atoms with van der Waals surface area (Å²) in [5, 5.41) is 22.7. The van der Waals surface area contributed by atoms with Crippen LogP contribution >= 0.6 is 0 Å². The van der Waals surface area contributed by atoms with E-state index in [0.717, 1.165) is 40.9 Å². The molecule has 0 aliphatic carbocycles. The highest BCUT2D eigenvalue weighted by atomic mass is 16.3. The van der Waals surface area contributed by atoms with E-state index in [-0.39, 0.29) is 12.5 Å². The molecule has 4 rings (SSSR count). The molecular formula is C21H27N7O. The van der Waals surface area contributed by atoms with Gasteiger partial charge in [0.15, 0.2) is 0 Å². The number of rotatable bonds is 8. The Bertz CT molecular complexity index is 1090. The summed E-state index contributed by atoms with van der Waals surface area (Å²) in [6.45, 7) is 7.15. The zero-order chi connectivity index (χ0) is 20.4. The van der Waals surface area contributed by atoms with E-state index in [1.54, 1.807) is 12.4 Å². The van der Waals surface area contributed by atoms with Crippen molar-refractivity contribution in [2.75, 3.05) is 6.61 Å². The van der Waals surface area contributed by atoms with Crippen molar-refractivity contribution in [1.29, 1.82) is 0 Å². The number of aliphatic hydroxyl groups excluding tert-OH is 1. The Labute approximate surface area is 169 Å². The van der Waals surface area contributed by atoms with Gasteiger partial charge in [0.25, 0.3) is 0 Å². The van der Waals surface area contributed by atoms with Crippen LogP contribution in [0.4, 0.5) is 0 Å². The summed E-state index contributed by atoms with van der Waals surface area (Å²) < 4.78 is 5.72. The molecule has 4 aromatic heterocycles. The molecule has 29 heavy (non-hydrogen) atoms. The van der Waals surface area contributed by atoms with Gasteiger partial charge in [0.1, 0.15) is 0 Å². The van der Waals surface area contributed by atoms with Crippen LogP contribution in [0.5, 0.6) is 0 Å². The molecule has 4 aromatic rings. The minimum Gasteiger partial charge on any atom is -0.396 e. The SMILES string of the molecule is CCC(CC)n1cc(-c2nc(-c3cnn(C[C@H](C)CO)c3)cn3nccc23)cn1. The van der Waals surface area contributed by atoms with Gasteiger partial charge in [0, 0.05) is 36.7 Å². The number of aliphatic hydroxyl groups is 1. The van der Waals surface area contributed by atoms with E-state index in [4.69, 9.17) is 4.98 Å². The van der Waals surface area contributed by atoms with E-state index in [0.29, 0.717) is 12.6 Å². The van der Waals surface area contributed by atoms with Crippen molar-refractivity contribution in [3.8, 4) is 22.5 Å². The fourth-order valence-electron chi connectivity index (χ4n) is 3.57. The van der Waals surface area contributed by atoms with Crippen molar-refractivity contribution < 1.29 is 5.11 Å². The molecule has 0 aliphatic rings. The maximum atomic E-state index is 9.28. The lowest BCUT2D eigenvalue weighted by molar-refractivity contribution is 0.219. The zero-order valence-electron chi connectivity index (χ0n) is 17.1. The van der Waals surface area contributed by atoms with E-state index in [1.807, 2.05) is 45.5 Å². The Hall–Kier alpha value is -3.00. The fourth-order valence-corrected chi connectivity index (χ4v) is 3.57. The number of hydrogen-bond acceptors (Lipinski definition) is 5. The predicted octanol–water partition coefficient (Wildman–Crippen LogP) is 3.45. The van der Waals surface area contributed by atoms with Gasteiger partial charge in [0.05, 0.1) is 47.7 Å². The Balaban J connectivity index is 1.74. The second-order valence-electron chi connectivity index (χ2n) is 7.55. The van der Waals surface area contributed by atoms with Gasteiger partial charge in [0.2, 0.25) is 0 Å². The van der Waals surface area contributed by atoms with Crippen LogP contribution in [0.3, 0.4) is 0 Å². The summed E-state index contributed by atoms with van der Waals surface area (Å²) in [6, 6.07) is 2.35. The molecule has 0 amide bonds. The summed E-state index contributed by atoms with van der Waals surface area (Å²) in [7, 11) is 0. The third kappa shape index (κ3) is 3.80. The first-order chi connectivity index (χ1) is 14.1. The molecule has 0 spiro atoms. The number of aromatic nitrogens is 7. The summed E-state index contributed by atoms with van der Waals surface area (Å²) >= 11 is 0. The lowest BCUT2D eigenvalue weighted by Gasteiger charge is -2.12. The molecule has 0 fully saturated rings. The molecule has 0 aromatic carbocycles. The first-order valence-electron chi connectivity index (χ1n) is 10.2. The molecule has 0 bridgehead atoms. The Morgan fingerprint density at radius 2 is 1.79 bits per heavy atom. The van der Waals surface area contributed by atoms with E-state index in [1.165, 1.54) is 0 Å². The highest BCUT2D eigenvalue weighted by Gasteiger charge is 2.15. The van der Waals surface area contributed by atoms with Gasteiger partial charge in [-0.05, 0) is 24.8 Å². The molecule has 1 N–H and O–H groups in total. The van der Waals surface area contributed by atoms with Crippen LogP contribution in [0.15, 0.2) is 43.2 Å². The minimum absolute atomic E-state index is 0.136. The molecule has 0 unspecified atom stereocenters. The number of fused-ring (bicyclic) bond motifs is 1. The standard InChI is InChI=1S/C21H27N7O/c1-4-18(5-2)27-12-17(9-24-27)21-20-6-7-22-28(20)13-19(25-21)16-8-23-26(11-16)10-15(3)14-29/h6-9,11-13,15,18,29H,4-5,10,14H2,1-3H3/t15-/m0/s1. The van der Waals surface area contributed by atoms with E-state index >= 15 is 0 Å². The van der Waals surface area contributed by atoms with Crippen LogP contribution < -0.4 is 0 Å². The molecule has 8 heteroatoms. The molecule has 4 heterocycles. The summed E-state index contributed by atoms with van der Waals surface area (Å²) in [5.41, 5.74) is 4.49. The van der Waals surface area contributed by atoms with Crippen LogP contribution in [0.1, 0.15) is 39.7 Å². The third-order valence-corrected chi connectivity index (χ3v) is 5.32. The minimum atomic E-state index is 0.136. The zero-order valence-corrected chi connectivity index (χ0v) is 17.1. The Morgan fingerprint density at radius 1 is 1.00 bits per heavy atom. The number of nitrogens with zero attached hydrogens (tertiary/aromatic N) is 7. The van der Waals surface area contributed by atoms with Gasteiger partial charge in [-0.2, -0.15) is 15.3 Å². The first kappa shape index (κ1) is 19.3. The van der Waals surface area contributed by atoms with Crippen LogP contribution in [0, 0.1) is 5.92 Å². The smallest absolute Gasteiger partial charge is 0.0999 e. The van der Waals surface area contributed by atoms with Crippen LogP contribution in [-0.4, -0.2) is 45.9 Å². The average molecular weight is 393 g/mol. The van der Waals surface area contributed by atoms with Crippen molar-refractivity contribution in [2.45, 2.75) is 46.2 Å². The molecule has 1 atom stereocenters. The van der Waals surface area contributed by atoms with Gasteiger partial charge in [-0.1, -0.05) is 20.8 Å². The summed E-state index contributed by atoms with van der Waals surface area (Å²) in [5.74, 6) is 0.149. The van der Waals surface area contributed by atoms with E-state index < -0.39 is 0 Å². The molecule has 0 aliphatic heterocycles. The topological polar surface area (TPSA) is 86.1 Å². The van der Waals surface area contributed by atoms with E-state index in [2.05, 4.69) is 35.3 Å². The molecule has 152 valence electrons. The Morgan fingerprint density at radius 3 is 2.55 bits per heavy atom. The second kappa shape index (κ2) is 8.16. The molecule has 0 saturated heterocycles. The van der Waals surface area contributed by atoms with Gasteiger partial charge >= 0.3 is 0 Å². The molecule has 0 saturated carbocycles. The van der Waals surface area contributed by atoms with Crippen LogP contribution in [0.2, 0.25) is 0 Å². The highest BCUT2D eigenvalue weighted by molar-refractivity contribution is 5.78.